The van der Waals surface area contributed by atoms with Crippen molar-refractivity contribution in [3.05, 3.63) is 89.1 Å². The number of amides is 1. The Bertz CT molecular complexity index is 1460. The first-order valence-corrected chi connectivity index (χ1v) is 12.5. The lowest BCUT2D eigenvalue weighted by atomic mass is 9.89. The van der Waals surface area contributed by atoms with E-state index in [9.17, 15) is 14.0 Å². The van der Waals surface area contributed by atoms with E-state index in [0.717, 1.165) is 30.4 Å². The minimum Gasteiger partial charge on any atom is -0.481 e. The fourth-order valence-corrected chi connectivity index (χ4v) is 4.83. The number of carbonyl (C=O) groups is 2. The molecule has 4 aromatic rings. The zero-order chi connectivity index (χ0) is 25.8. The molecular weight excluding hydrogens is 471 g/mol. The first kappa shape index (κ1) is 24.5. The quantitative estimate of drug-likeness (QED) is 0.314. The number of hydrogen-bond acceptors (Lipinski definition) is 5. The van der Waals surface area contributed by atoms with Crippen molar-refractivity contribution in [2.75, 3.05) is 0 Å². The van der Waals surface area contributed by atoms with E-state index >= 15 is 0 Å². The molecule has 2 N–H and O–H groups in total. The van der Waals surface area contributed by atoms with Crippen LogP contribution in [-0.2, 0) is 17.6 Å². The van der Waals surface area contributed by atoms with Gasteiger partial charge >= 0.3 is 5.97 Å². The number of nitrogens with one attached hydrogen (secondary N) is 1. The smallest absolute Gasteiger partial charge is 0.303 e. The van der Waals surface area contributed by atoms with Crippen LogP contribution >= 0.6 is 0 Å². The predicted octanol–water partition coefficient (Wildman–Crippen LogP) is 5.44. The van der Waals surface area contributed by atoms with E-state index in [-0.39, 0.29) is 24.2 Å². The second kappa shape index (κ2) is 10.8. The molecule has 2 aromatic heterocycles. The van der Waals surface area contributed by atoms with Gasteiger partial charge < -0.3 is 10.4 Å². The van der Waals surface area contributed by atoms with Crippen molar-refractivity contribution in [2.24, 2.45) is 0 Å². The van der Waals surface area contributed by atoms with Crippen molar-refractivity contribution in [1.29, 1.82) is 0 Å². The maximum Gasteiger partial charge on any atom is 0.303 e. The summed E-state index contributed by atoms with van der Waals surface area (Å²) in [6.07, 6.45) is 8.20. The molecule has 0 fully saturated rings. The SMILES string of the molecule is O=C(O)CCCCc1nc2cc(C(=O)N[C@@H]3CCCc4ccncc43)ccc2nc1-c1ccc(F)cc1. The standard InChI is InChI=1S/C29H27FN4O3/c30-21-11-8-19(9-12-21)28-25(5-1-2-7-27(35)36)32-26-16-20(10-13-24(26)33-28)29(37)34-23-6-3-4-18-14-15-31-17-22(18)23/h8-17,23H,1-7H2,(H,34,37)(H,35,36)/t23-/m1/s1. The van der Waals surface area contributed by atoms with Crippen LogP contribution in [0.2, 0.25) is 0 Å². The Hall–Kier alpha value is -4.20. The number of unbranched alkanes of at least 4 members (excludes halogenated alkanes) is 1. The molecule has 188 valence electrons. The molecule has 0 radical (unpaired) electrons. The predicted molar refractivity (Wildman–Crippen MR) is 138 cm³/mol. The summed E-state index contributed by atoms with van der Waals surface area (Å²) in [6.45, 7) is 0. The van der Waals surface area contributed by atoms with Gasteiger partial charge in [0.05, 0.1) is 28.5 Å². The number of hydrogen-bond donors (Lipinski definition) is 2. The van der Waals surface area contributed by atoms with E-state index in [4.69, 9.17) is 15.1 Å². The zero-order valence-corrected chi connectivity index (χ0v) is 20.3. The van der Waals surface area contributed by atoms with Crippen LogP contribution in [0.4, 0.5) is 4.39 Å². The second-order valence-electron chi connectivity index (χ2n) is 9.32. The van der Waals surface area contributed by atoms with Gasteiger partial charge in [-0.1, -0.05) is 0 Å². The number of nitrogens with zero attached hydrogens (tertiary/aromatic N) is 3. The van der Waals surface area contributed by atoms with Crippen LogP contribution in [0, 0.1) is 5.82 Å². The van der Waals surface area contributed by atoms with Crippen LogP contribution in [-0.4, -0.2) is 31.9 Å². The number of halogens is 1. The maximum absolute atomic E-state index is 13.5. The molecule has 0 spiro atoms. The lowest BCUT2D eigenvalue weighted by molar-refractivity contribution is -0.137. The van der Waals surface area contributed by atoms with Crippen molar-refractivity contribution < 1.29 is 19.1 Å². The minimum atomic E-state index is -0.838. The zero-order valence-electron chi connectivity index (χ0n) is 20.3. The highest BCUT2D eigenvalue weighted by molar-refractivity contribution is 5.97. The van der Waals surface area contributed by atoms with E-state index in [0.29, 0.717) is 47.2 Å². The van der Waals surface area contributed by atoms with Crippen molar-refractivity contribution >= 4 is 22.9 Å². The van der Waals surface area contributed by atoms with Gasteiger partial charge in [0.2, 0.25) is 0 Å². The van der Waals surface area contributed by atoms with Gasteiger partial charge in [0.25, 0.3) is 5.91 Å². The fraction of sp³-hybridized carbons (Fsp3) is 0.276. The van der Waals surface area contributed by atoms with Crippen molar-refractivity contribution in [1.82, 2.24) is 20.3 Å². The summed E-state index contributed by atoms with van der Waals surface area (Å²) in [5, 5.41) is 12.1. The van der Waals surface area contributed by atoms with Gasteiger partial charge in [-0.25, -0.2) is 14.4 Å². The number of carbonyl (C=O) groups excluding carboxylic acids is 1. The molecule has 1 aliphatic carbocycles. The van der Waals surface area contributed by atoms with Crippen LogP contribution in [0.25, 0.3) is 22.3 Å². The van der Waals surface area contributed by atoms with Crippen molar-refractivity contribution in [2.45, 2.75) is 51.0 Å². The average Bonchev–Trinajstić information content (AvgIpc) is 2.91. The van der Waals surface area contributed by atoms with Crippen LogP contribution in [0.1, 0.15) is 65.3 Å². The average molecular weight is 499 g/mol. The summed E-state index contributed by atoms with van der Waals surface area (Å²) >= 11 is 0. The van der Waals surface area contributed by atoms with Gasteiger partial charge in [0, 0.05) is 29.9 Å². The van der Waals surface area contributed by atoms with Crippen LogP contribution < -0.4 is 5.32 Å². The van der Waals surface area contributed by atoms with Crippen LogP contribution in [0.15, 0.2) is 60.9 Å². The highest BCUT2D eigenvalue weighted by atomic mass is 19.1. The van der Waals surface area contributed by atoms with E-state index < -0.39 is 5.97 Å². The second-order valence-corrected chi connectivity index (χ2v) is 9.32. The Morgan fingerprint density at radius 2 is 1.86 bits per heavy atom. The fourth-order valence-electron chi connectivity index (χ4n) is 4.83. The Balaban J connectivity index is 1.43. The Kier molecular flexibility index (Phi) is 7.16. The van der Waals surface area contributed by atoms with E-state index in [2.05, 4.69) is 10.3 Å². The Morgan fingerprint density at radius 1 is 1.03 bits per heavy atom. The number of aryl methyl sites for hydroxylation is 2. The number of rotatable bonds is 8. The first-order valence-electron chi connectivity index (χ1n) is 12.5. The summed E-state index contributed by atoms with van der Waals surface area (Å²) in [7, 11) is 0. The third-order valence-electron chi connectivity index (χ3n) is 6.74. The summed E-state index contributed by atoms with van der Waals surface area (Å²) in [5.41, 5.74) is 6.03. The minimum absolute atomic E-state index is 0.0804. The van der Waals surface area contributed by atoms with Gasteiger partial charge in [-0.15, -0.1) is 0 Å². The molecule has 0 unspecified atom stereocenters. The van der Waals surface area contributed by atoms with E-state index in [1.54, 1.807) is 36.5 Å². The topological polar surface area (TPSA) is 105 Å². The molecule has 1 aliphatic rings. The molecule has 2 heterocycles. The van der Waals surface area contributed by atoms with Gasteiger partial charge in [-0.3, -0.25) is 14.6 Å². The molecule has 0 saturated carbocycles. The van der Waals surface area contributed by atoms with Crippen LogP contribution in [0.5, 0.6) is 0 Å². The lowest BCUT2D eigenvalue weighted by Gasteiger charge is -2.25. The van der Waals surface area contributed by atoms with E-state index in [1.807, 2.05) is 12.3 Å². The summed E-state index contributed by atoms with van der Waals surface area (Å²) < 4.78 is 13.5. The van der Waals surface area contributed by atoms with Crippen molar-refractivity contribution in [3.8, 4) is 11.3 Å². The van der Waals surface area contributed by atoms with Gasteiger partial charge in [-0.2, -0.15) is 0 Å². The normalized spacial score (nSPS) is 14.8. The summed E-state index contributed by atoms with van der Waals surface area (Å²) in [6, 6.07) is 13.2. The number of pyridine rings is 1. The molecule has 1 atom stereocenters. The Morgan fingerprint density at radius 3 is 2.68 bits per heavy atom. The summed E-state index contributed by atoms with van der Waals surface area (Å²) in [5.74, 6) is -1.36. The third-order valence-corrected chi connectivity index (χ3v) is 6.74. The van der Waals surface area contributed by atoms with Crippen molar-refractivity contribution in [3.63, 3.8) is 0 Å². The van der Waals surface area contributed by atoms with Gasteiger partial charge in [0.15, 0.2) is 0 Å². The monoisotopic (exact) mass is 498 g/mol. The molecule has 0 saturated heterocycles. The number of carboxylic acid groups (broad SMARTS) is 1. The molecule has 37 heavy (non-hydrogen) atoms. The van der Waals surface area contributed by atoms with Gasteiger partial charge in [0.1, 0.15) is 5.82 Å². The van der Waals surface area contributed by atoms with Crippen LogP contribution in [0.3, 0.4) is 0 Å². The number of fused-ring (bicyclic) bond motifs is 2. The molecule has 0 bridgehead atoms. The number of carboxylic acids is 1. The molecule has 1 amide bonds. The molecule has 2 aromatic carbocycles. The number of aliphatic carboxylic acids is 1. The molecular formula is C29H27FN4O3. The lowest BCUT2D eigenvalue weighted by Crippen LogP contribution is -2.31. The highest BCUT2D eigenvalue weighted by Crippen LogP contribution is 2.30. The first-order chi connectivity index (χ1) is 18.0. The molecule has 5 rings (SSSR count). The Labute approximate surface area is 213 Å². The third kappa shape index (κ3) is 5.63. The molecule has 7 nitrogen and oxygen atoms in total. The largest absolute Gasteiger partial charge is 0.481 e. The molecule has 0 aliphatic heterocycles. The maximum atomic E-state index is 13.5. The number of aromatic nitrogens is 3. The molecule has 8 heteroatoms. The number of benzene rings is 2. The highest BCUT2D eigenvalue weighted by Gasteiger charge is 2.23. The van der Waals surface area contributed by atoms with E-state index in [1.165, 1.54) is 17.7 Å². The van der Waals surface area contributed by atoms with Gasteiger partial charge in [-0.05, 0) is 98.2 Å². The summed E-state index contributed by atoms with van der Waals surface area (Å²) in [4.78, 5) is 37.9.